The van der Waals surface area contributed by atoms with Crippen molar-refractivity contribution in [3.63, 3.8) is 0 Å². The normalized spacial score (nSPS) is 9.71. The van der Waals surface area contributed by atoms with Crippen LogP contribution < -0.4 is 4.74 Å². The monoisotopic (exact) mass is 185 g/mol. The van der Waals surface area contributed by atoms with E-state index in [1.807, 2.05) is 6.07 Å². The Balaban J connectivity index is 2.64. The third-order valence-corrected chi connectivity index (χ3v) is 1.86. The summed E-state index contributed by atoms with van der Waals surface area (Å²) >= 11 is 0. The predicted octanol–water partition coefficient (Wildman–Crippen LogP) is 1.51. The smallest absolute Gasteiger partial charge is 0.232 e. The Kier molecular flexibility index (Phi) is 1.99. The number of hydrogen-bond donors (Lipinski definition) is 0. The van der Waals surface area contributed by atoms with Gasteiger partial charge < -0.3 is 4.74 Å². The Labute approximate surface area is 80.8 Å². The van der Waals surface area contributed by atoms with Crippen LogP contribution in [0.25, 0.3) is 11.0 Å². The number of ether oxygens (including phenoxy) is 1. The van der Waals surface area contributed by atoms with Crippen molar-refractivity contribution in [1.82, 2.24) is 9.97 Å². The molecule has 4 nitrogen and oxygen atoms in total. The van der Waals surface area contributed by atoms with Gasteiger partial charge in [0.15, 0.2) is 0 Å². The Hall–Kier alpha value is -2.15. The van der Waals surface area contributed by atoms with E-state index >= 15 is 0 Å². The molecule has 14 heavy (non-hydrogen) atoms. The molecule has 4 heteroatoms. The van der Waals surface area contributed by atoms with E-state index in [0.29, 0.717) is 17.0 Å². The van der Waals surface area contributed by atoms with Gasteiger partial charge in [-0.05, 0) is 18.2 Å². The van der Waals surface area contributed by atoms with Gasteiger partial charge in [-0.1, -0.05) is 0 Å². The second kappa shape index (κ2) is 3.30. The van der Waals surface area contributed by atoms with Crippen LogP contribution in [-0.4, -0.2) is 17.1 Å². The van der Waals surface area contributed by atoms with Gasteiger partial charge in [0, 0.05) is 0 Å². The topological polar surface area (TPSA) is 58.8 Å². The summed E-state index contributed by atoms with van der Waals surface area (Å²) in [6.07, 6.45) is 1.53. The van der Waals surface area contributed by atoms with E-state index in [2.05, 4.69) is 9.97 Å². The SMILES string of the molecule is COc1cnc2cc(C#N)ccc2n1. The summed E-state index contributed by atoms with van der Waals surface area (Å²) in [5.74, 6) is 0.474. The highest BCUT2D eigenvalue weighted by atomic mass is 16.5. The maximum absolute atomic E-state index is 8.67. The van der Waals surface area contributed by atoms with Gasteiger partial charge in [-0.2, -0.15) is 5.26 Å². The predicted molar refractivity (Wildman–Crippen MR) is 50.8 cm³/mol. The van der Waals surface area contributed by atoms with Crippen molar-refractivity contribution in [2.24, 2.45) is 0 Å². The summed E-state index contributed by atoms with van der Waals surface area (Å²) in [7, 11) is 1.54. The average molecular weight is 185 g/mol. The first-order valence-corrected chi connectivity index (χ1v) is 4.04. The van der Waals surface area contributed by atoms with E-state index in [1.54, 1.807) is 25.3 Å². The molecule has 0 aliphatic rings. The van der Waals surface area contributed by atoms with Crippen LogP contribution in [0.5, 0.6) is 5.88 Å². The standard InChI is InChI=1S/C10H7N3O/c1-14-10-6-12-9-4-7(5-11)2-3-8(9)13-10/h2-4,6H,1H3. The Morgan fingerprint density at radius 3 is 2.93 bits per heavy atom. The minimum Gasteiger partial charge on any atom is -0.480 e. The second-order valence-electron chi connectivity index (χ2n) is 2.73. The number of rotatable bonds is 1. The molecular weight excluding hydrogens is 178 g/mol. The number of aromatic nitrogens is 2. The van der Waals surface area contributed by atoms with Gasteiger partial charge in [-0.3, -0.25) is 0 Å². The molecule has 0 saturated carbocycles. The minimum atomic E-state index is 0.474. The van der Waals surface area contributed by atoms with Crippen molar-refractivity contribution < 1.29 is 4.74 Å². The van der Waals surface area contributed by atoms with Gasteiger partial charge >= 0.3 is 0 Å². The van der Waals surface area contributed by atoms with Crippen molar-refractivity contribution in [3.8, 4) is 11.9 Å². The van der Waals surface area contributed by atoms with Crippen LogP contribution in [0.3, 0.4) is 0 Å². The first-order chi connectivity index (χ1) is 6.83. The molecule has 1 aromatic heterocycles. The van der Waals surface area contributed by atoms with Gasteiger partial charge in [-0.15, -0.1) is 0 Å². The minimum absolute atomic E-state index is 0.474. The Bertz CT molecular complexity index is 516. The summed E-state index contributed by atoms with van der Waals surface area (Å²) < 4.78 is 4.94. The number of fused-ring (bicyclic) bond motifs is 1. The number of methoxy groups -OCH3 is 1. The van der Waals surface area contributed by atoms with Crippen molar-refractivity contribution >= 4 is 11.0 Å². The highest BCUT2D eigenvalue weighted by Crippen LogP contribution is 2.14. The molecule has 2 rings (SSSR count). The summed E-state index contributed by atoms with van der Waals surface area (Å²) in [6.45, 7) is 0. The van der Waals surface area contributed by atoms with Crippen LogP contribution in [-0.2, 0) is 0 Å². The first kappa shape index (κ1) is 8.45. The quantitative estimate of drug-likeness (QED) is 0.675. The van der Waals surface area contributed by atoms with Crippen LogP contribution in [0, 0.1) is 11.3 Å². The Morgan fingerprint density at radius 2 is 2.21 bits per heavy atom. The highest BCUT2D eigenvalue weighted by Gasteiger charge is 2.00. The lowest BCUT2D eigenvalue weighted by atomic mass is 10.2. The van der Waals surface area contributed by atoms with Crippen LogP contribution in [0.2, 0.25) is 0 Å². The molecule has 0 unspecified atom stereocenters. The molecule has 0 atom stereocenters. The summed E-state index contributed by atoms with van der Waals surface area (Å²) in [5, 5.41) is 8.67. The molecule has 0 fully saturated rings. The van der Waals surface area contributed by atoms with Crippen molar-refractivity contribution in [2.75, 3.05) is 7.11 Å². The maximum Gasteiger partial charge on any atom is 0.232 e. The molecule has 0 amide bonds. The van der Waals surface area contributed by atoms with Gasteiger partial charge in [0.2, 0.25) is 5.88 Å². The molecule has 0 radical (unpaired) electrons. The molecule has 2 aromatic rings. The van der Waals surface area contributed by atoms with Gasteiger partial charge in [-0.25, -0.2) is 9.97 Å². The zero-order valence-corrected chi connectivity index (χ0v) is 7.56. The maximum atomic E-state index is 8.67. The van der Waals surface area contributed by atoms with Crippen LogP contribution >= 0.6 is 0 Å². The van der Waals surface area contributed by atoms with E-state index in [9.17, 15) is 0 Å². The molecule has 0 aliphatic carbocycles. The average Bonchev–Trinajstić information content (AvgIpc) is 2.27. The van der Waals surface area contributed by atoms with E-state index in [-0.39, 0.29) is 0 Å². The fourth-order valence-electron chi connectivity index (χ4n) is 1.16. The Morgan fingerprint density at radius 1 is 1.36 bits per heavy atom. The number of nitriles is 1. The van der Waals surface area contributed by atoms with Crippen molar-refractivity contribution in [2.45, 2.75) is 0 Å². The fraction of sp³-hybridized carbons (Fsp3) is 0.100. The number of nitrogens with zero attached hydrogens (tertiary/aromatic N) is 3. The molecule has 0 spiro atoms. The van der Waals surface area contributed by atoms with Crippen LogP contribution in [0.15, 0.2) is 24.4 Å². The van der Waals surface area contributed by atoms with E-state index in [0.717, 1.165) is 5.52 Å². The zero-order valence-electron chi connectivity index (χ0n) is 7.56. The van der Waals surface area contributed by atoms with E-state index in [1.165, 1.54) is 6.20 Å². The molecule has 0 saturated heterocycles. The zero-order chi connectivity index (χ0) is 9.97. The third kappa shape index (κ3) is 1.36. The lowest BCUT2D eigenvalue weighted by Crippen LogP contribution is -1.90. The van der Waals surface area contributed by atoms with Gasteiger partial charge in [0.1, 0.15) is 0 Å². The second-order valence-corrected chi connectivity index (χ2v) is 2.73. The molecule has 1 aromatic carbocycles. The molecular formula is C10H7N3O. The lowest BCUT2D eigenvalue weighted by molar-refractivity contribution is 0.397. The lowest BCUT2D eigenvalue weighted by Gasteiger charge is -2.00. The van der Waals surface area contributed by atoms with Crippen LogP contribution in [0.4, 0.5) is 0 Å². The fourth-order valence-corrected chi connectivity index (χ4v) is 1.16. The first-order valence-electron chi connectivity index (χ1n) is 4.04. The highest BCUT2D eigenvalue weighted by molar-refractivity contribution is 5.76. The number of benzene rings is 1. The van der Waals surface area contributed by atoms with Gasteiger partial charge in [0.05, 0.1) is 36.0 Å². The molecule has 1 heterocycles. The van der Waals surface area contributed by atoms with E-state index in [4.69, 9.17) is 10.00 Å². The summed E-state index contributed by atoms with van der Waals surface area (Å²) in [6, 6.07) is 7.20. The molecule has 0 N–H and O–H groups in total. The van der Waals surface area contributed by atoms with E-state index < -0.39 is 0 Å². The molecule has 0 aliphatic heterocycles. The summed E-state index contributed by atoms with van der Waals surface area (Å²) in [4.78, 5) is 8.30. The van der Waals surface area contributed by atoms with Crippen molar-refractivity contribution in [3.05, 3.63) is 30.0 Å². The van der Waals surface area contributed by atoms with Gasteiger partial charge in [0.25, 0.3) is 0 Å². The summed E-state index contributed by atoms with van der Waals surface area (Å²) in [5.41, 5.74) is 2.00. The molecule has 0 bridgehead atoms. The van der Waals surface area contributed by atoms with Crippen molar-refractivity contribution in [1.29, 1.82) is 5.26 Å². The van der Waals surface area contributed by atoms with Crippen LogP contribution in [0.1, 0.15) is 5.56 Å². The molecule has 68 valence electrons. The third-order valence-electron chi connectivity index (χ3n) is 1.86. The number of hydrogen-bond acceptors (Lipinski definition) is 4. The largest absolute Gasteiger partial charge is 0.480 e.